The lowest BCUT2D eigenvalue weighted by Gasteiger charge is -2.43. The Bertz CT molecular complexity index is 1800. The van der Waals surface area contributed by atoms with Crippen molar-refractivity contribution in [3.63, 3.8) is 0 Å². The van der Waals surface area contributed by atoms with Crippen molar-refractivity contribution in [2.75, 3.05) is 14.2 Å². The van der Waals surface area contributed by atoms with E-state index in [4.69, 9.17) is 18.9 Å². The average molecular weight is 641 g/mol. The highest BCUT2D eigenvalue weighted by atomic mass is 16.6. The highest BCUT2D eigenvalue weighted by Gasteiger charge is 2.42. The number of carbonyl (C=O) groups is 2. The molecule has 9 nitrogen and oxygen atoms in total. The van der Waals surface area contributed by atoms with Gasteiger partial charge in [-0.15, -0.1) is 0 Å². The molecule has 3 N–H and O–H groups in total. The SMILES string of the molecule is COc1cc(C2CC(OC(=O)Cc3ccc4cc(O)ccc4c3)CC(OC(C)=O)C3Cc4cc(OC)c(O)cc4CC3C2)ccc1O. The lowest BCUT2D eigenvalue weighted by Crippen LogP contribution is -2.43. The van der Waals surface area contributed by atoms with Crippen LogP contribution in [-0.4, -0.2) is 53.7 Å². The van der Waals surface area contributed by atoms with E-state index in [1.54, 1.807) is 24.3 Å². The van der Waals surface area contributed by atoms with Crippen LogP contribution in [0.3, 0.4) is 0 Å². The number of benzene rings is 4. The van der Waals surface area contributed by atoms with Gasteiger partial charge in [-0.05, 0) is 107 Å². The van der Waals surface area contributed by atoms with E-state index >= 15 is 0 Å². The Hall–Kier alpha value is -4.92. The zero-order valence-electron chi connectivity index (χ0n) is 26.8. The van der Waals surface area contributed by atoms with Gasteiger partial charge in [-0.1, -0.05) is 30.3 Å². The highest BCUT2D eigenvalue weighted by molar-refractivity contribution is 5.85. The molecule has 0 bridgehead atoms. The molecule has 0 spiro atoms. The topological polar surface area (TPSA) is 132 Å². The summed E-state index contributed by atoms with van der Waals surface area (Å²) in [7, 11) is 3.03. The van der Waals surface area contributed by atoms with Gasteiger partial charge >= 0.3 is 11.9 Å². The van der Waals surface area contributed by atoms with Gasteiger partial charge in [-0.2, -0.15) is 0 Å². The number of phenolic OH excluding ortho intramolecular Hbond substituents is 3. The van der Waals surface area contributed by atoms with Gasteiger partial charge in [0, 0.05) is 19.3 Å². The van der Waals surface area contributed by atoms with Crippen LogP contribution < -0.4 is 9.47 Å². The largest absolute Gasteiger partial charge is 0.508 e. The molecule has 0 aromatic heterocycles. The van der Waals surface area contributed by atoms with Crippen molar-refractivity contribution in [2.24, 2.45) is 11.8 Å². The lowest BCUT2D eigenvalue weighted by atomic mass is 9.66. The molecule has 5 unspecified atom stereocenters. The Morgan fingerprint density at radius 2 is 1.47 bits per heavy atom. The highest BCUT2D eigenvalue weighted by Crippen LogP contribution is 2.47. The number of fused-ring (bicyclic) bond motifs is 3. The average Bonchev–Trinajstić information content (AvgIpc) is 3.03. The Labute approximate surface area is 273 Å². The van der Waals surface area contributed by atoms with Crippen LogP contribution in [0.5, 0.6) is 28.7 Å². The maximum absolute atomic E-state index is 13.5. The van der Waals surface area contributed by atoms with Gasteiger partial charge in [-0.3, -0.25) is 9.59 Å². The fourth-order valence-electron chi connectivity index (χ4n) is 7.51. The third kappa shape index (κ3) is 7.09. The van der Waals surface area contributed by atoms with Crippen molar-refractivity contribution in [3.8, 4) is 28.7 Å². The predicted molar refractivity (Wildman–Crippen MR) is 175 cm³/mol. The molecule has 0 radical (unpaired) electrons. The van der Waals surface area contributed by atoms with Gasteiger partial charge in [-0.25, -0.2) is 0 Å². The molecule has 246 valence electrons. The normalized spacial score (nSPS) is 22.2. The van der Waals surface area contributed by atoms with Crippen LogP contribution in [0.25, 0.3) is 10.8 Å². The molecule has 2 aliphatic carbocycles. The van der Waals surface area contributed by atoms with Crippen LogP contribution in [0.15, 0.2) is 66.7 Å². The smallest absolute Gasteiger partial charge is 0.310 e. The Morgan fingerprint density at radius 3 is 2.23 bits per heavy atom. The van der Waals surface area contributed by atoms with E-state index < -0.39 is 18.2 Å². The first kappa shape index (κ1) is 32.0. The molecule has 5 atom stereocenters. The fourth-order valence-corrected chi connectivity index (χ4v) is 7.51. The van der Waals surface area contributed by atoms with Crippen molar-refractivity contribution in [1.82, 2.24) is 0 Å². The van der Waals surface area contributed by atoms with E-state index in [0.29, 0.717) is 43.6 Å². The van der Waals surface area contributed by atoms with Crippen molar-refractivity contribution in [3.05, 3.63) is 89.0 Å². The second-order valence-corrected chi connectivity index (χ2v) is 12.8. The van der Waals surface area contributed by atoms with E-state index in [2.05, 4.69) is 0 Å². The summed E-state index contributed by atoms with van der Waals surface area (Å²) in [6.07, 6.45) is 1.81. The first-order chi connectivity index (χ1) is 22.6. The molecule has 1 fully saturated rings. The Balaban J connectivity index is 1.32. The Kier molecular flexibility index (Phi) is 9.16. The number of aromatic hydroxyl groups is 3. The van der Waals surface area contributed by atoms with Gasteiger partial charge in [0.15, 0.2) is 23.0 Å². The van der Waals surface area contributed by atoms with E-state index in [0.717, 1.165) is 33.0 Å². The number of hydrogen-bond acceptors (Lipinski definition) is 9. The Morgan fingerprint density at radius 1 is 0.745 bits per heavy atom. The van der Waals surface area contributed by atoms with Crippen LogP contribution in [0.2, 0.25) is 0 Å². The summed E-state index contributed by atoms with van der Waals surface area (Å²) < 4.78 is 23.0. The molecule has 4 aromatic carbocycles. The first-order valence-electron chi connectivity index (χ1n) is 15.9. The van der Waals surface area contributed by atoms with Crippen LogP contribution in [0, 0.1) is 11.8 Å². The van der Waals surface area contributed by atoms with Crippen LogP contribution >= 0.6 is 0 Å². The fraction of sp³-hybridized carbons (Fsp3) is 0.368. The second-order valence-electron chi connectivity index (χ2n) is 12.8. The molecule has 1 saturated carbocycles. The van der Waals surface area contributed by atoms with E-state index in [1.165, 1.54) is 21.1 Å². The van der Waals surface area contributed by atoms with Crippen molar-refractivity contribution < 1.29 is 43.9 Å². The number of hydrogen-bond donors (Lipinski definition) is 3. The maximum atomic E-state index is 13.5. The lowest BCUT2D eigenvalue weighted by molar-refractivity contribution is -0.159. The minimum absolute atomic E-state index is 0.0412. The number of rotatable bonds is 7. The van der Waals surface area contributed by atoms with Gasteiger partial charge < -0.3 is 34.3 Å². The zero-order valence-corrected chi connectivity index (χ0v) is 26.8. The van der Waals surface area contributed by atoms with E-state index in [1.807, 2.05) is 42.5 Å². The minimum Gasteiger partial charge on any atom is -0.508 e. The van der Waals surface area contributed by atoms with Gasteiger partial charge in [0.1, 0.15) is 18.0 Å². The van der Waals surface area contributed by atoms with E-state index in [-0.39, 0.29) is 47.4 Å². The van der Waals surface area contributed by atoms with Crippen LogP contribution in [0.4, 0.5) is 0 Å². The van der Waals surface area contributed by atoms with Gasteiger partial charge in [0.25, 0.3) is 0 Å². The van der Waals surface area contributed by atoms with E-state index in [9.17, 15) is 24.9 Å². The molecule has 0 heterocycles. The number of esters is 2. The molecule has 2 aliphatic rings. The molecule has 47 heavy (non-hydrogen) atoms. The number of phenols is 3. The van der Waals surface area contributed by atoms with Crippen molar-refractivity contribution >= 4 is 22.7 Å². The zero-order chi connectivity index (χ0) is 33.2. The summed E-state index contributed by atoms with van der Waals surface area (Å²) in [5.41, 5.74) is 3.80. The number of ether oxygens (including phenoxy) is 4. The first-order valence-corrected chi connectivity index (χ1v) is 15.9. The molecule has 0 aliphatic heterocycles. The van der Waals surface area contributed by atoms with Crippen molar-refractivity contribution in [2.45, 2.75) is 63.6 Å². The van der Waals surface area contributed by atoms with Crippen LogP contribution in [0.1, 0.15) is 54.4 Å². The molecular formula is C38H40O9. The maximum Gasteiger partial charge on any atom is 0.310 e. The summed E-state index contributed by atoms with van der Waals surface area (Å²) in [5, 5.41) is 32.4. The molecule has 0 amide bonds. The molecule has 6 rings (SSSR count). The van der Waals surface area contributed by atoms with Gasteiger partial charge in [0.05, 0.1) is 20.6 Å². The summed E-state index contributed by atoms with van der Waals surface area (Å²) >= 11 is 0. The summed E-state index contributed by atoms with van der Waals surface area (Å²) in [4.78, 5) is 25.9. The summed E-state index contributed by atoms with van der Waals surface area (Å²) in [6.45, 7) is 1.40. The quantitative estimate of drug-likeness (QED) is 0.198. The molecular weight excluding hydrogens is 600 g/mol. The van der Waals surface area contributed by atoms with Crippen molar-refractivity contribution in [1.29, 1.82) is 0 Å². The third-order valence-electron chi connectivity index (χ3n) is 9.68. The third-order valence-corrected chi connectivity index (χ3v) is 9.68. The molecule has 9 heteroatoms. The van der Waals surface area contributed by atoms with Gasteiger partial charge in [0.2, 0.25) is 0 Å². The second kappa shape index (κ2) is 13.4. The summed E-state index contributed by atoms with van der Waals surface area (Å²) in [6, 6.07) is 19.7. The molecule has 0 saturated heterocycles. The van der Waals surface area contributed by atoms with Crippen LogP contribution in [-0.2, 0) is 38.3 Å². The molecule has 4 aromatic rings. The standard InChI is InChI=1S/C38H40O9/c1-21(39)46-35-20-31(47-38(43)11-22-4-5-24-14-30(40)8-6-23(24)10-22)15-26(25-7-9-33(41)36(18-25)44-2)12-29-13-27-17-34(42)37(45-3)19-28(27)16-32(29)35/h4-10,14,17-19,26,29,31-32,35,40-42H,11-13,15-16,20H2,1-3H3. The summed E-state index contributed by atoms with van der Waals surface area (Å²) in [5.74, 6) is 0.250. The number of methoxy groups -OCH3 is 2. The monoisotopic (exact) mass is 640 g/mol. The minimum atomic E-state index is -0.550. The number of carbonyl (C=O) groups excluding carboxylic acids is 2. The predicted octanol–water partition coefficient (Wildman–Crippen LogP) is 6.36.